The van der Waals surface area contributed by atoms with E-state index in [9.17, 15) is 9.59 Å². The molecule has 3 unspecified atom stereocenters. The van der Waals surface area contributed by atoms with Crippen molar-refractivity contribution in [2.24, 2.45) is 5.92 Å². The lowest BCUT2D eigenvalue weighted by molar-refractivity contribution is -0.131. The topological polar surface area (TPSA) is 81.6 Å². The zero-order chi connectivity index (χ0) is 21.5. The van der Waals surface area contributed by atoms with Gasteiger partial charge in [-0.15, -0.1) is 10.2 Å². The van der Waals surface area contributed by atoms with Gasteiger partial charge in [0, 0.05) is 0 Å². The Morgan fingerprint density at radius 2 is 2.00 bits per heavy atom. The van der Waals surface area contributed by atoms with Crippen LogP contribution in [0.3, 0.4) is 0 Å². The molecule has 31 heavy (non-hydrogen) atoms. The number of hydrogen-bond donors (Lipinski definition) is 0. The van der Waals surface area contributed by atoms with Gasteiger partial charge in [0.25, 0.3) is 5.91 Å². The zero-order valence-electron chi connectivity index (χ0n) is 17.2. The SMILES string of the molecule is C=CCOc1ccc(C2C3=C(OC4CCCCC4C3=O)C(=O)N2c2nnc(C)s2)cc1. The minimum atomic E-state index is -0.585. The van der Waals surface area contributed by atoms with E-state index in [4.69, 9.17) is 9.47 Å². The highest BCUT2D eigenvalue weighted by Gasteiger charge is 2.53. The quantitative estimate of drug-likeness (QED) is 0.660. The Kier molecular flexibility index (Phi) is 5.09. The maximum Gasteiger partial charge on any atom is 0.296 e. The Labute approximate surface area is 184 Å². The van der Waals surface area contributed by atoms with Gasteiger partial charge in [-0.1, -0.05) is 42.5 Å². The first-order valence-corrected chi connectivity index (χ1v) is 11.3. The molecule has 3 heterocycles. The summed E-state index contributed by atoms with van der Waals surface area (Å²) in [6, 6.07) is 6.85. The lowest BCUT2D eigenvalue weighted by Crippen LogP contribution is -2.39. The number of amides is 1. The molecule has 8 heteroatoms. The molecule has 160 valence electrons. The minimum absolute atomic E-state index is 0.0278. The molecule has 1 saturated carbocycles. The highest BCUT2D eigenvalue weighted by Crippen LogP contribution is 2.48. The fourth-order valence-electron chi connectivity index (χ4n) is 4.64. The van der Waals surface area contributed by atoms with Crippen LogP contribution < -0.4 is 9.64 Å². The molecule has 0 spiro atoms. The van der Waals surface area contributed by atoms with Gasteiger partial charge >= 0.3 is 0 Å². The average molecular weight is 438 g/mol. The van der Waals surface area contributed by atoms with Gasteiger partial charge < -0.3 is 9.47 Å². The van der Waals surface area contributed by atoms with Gasteiger partial charge in [0.15, 0.2) is 11.5 Å². The molecular weight excluding hydrogens is 414 g/mol. The number of hydrogen-bond acceptors (Lipinski definition) is 7. The monoisotopic (exact) mass is 437 g/mol. The molecule has 1 amide bonds. The van der Waals surface area contributed by atoms with Gasteiger partial charge in [-0.3, -0.25) is 14.5 Å². The summed E-state index contributed by atoms with van der Waals surface area (Å²) in [4.78, 5) is 28.6. The molecule has 0 N–H and O–H groups in total. The number of carbonyl (C=O) groups excluding carboxylic acids is 2. The number of fused-ring (bicyclic) bond motifs is 1. The second-order valence-corrected chi connectivity index (χ2v) is 9.16. The molecule has 2 aromatic rings. The predicted molar refractivity (Wildman–Crippen MR) is 116 cm³/mol. The number of aryl methyl sites for hydroxylation is 1. The van der Waals surface area contributed by atoms with E-state index < -0.39 is 6.04 Å². The van der Waals surface area contributed by atoms with E-state index in [-0.39, 0.29) is 29.5 Å². The maximum atomic E-state index is 13.6. The Hall–Kier alpha value is -3.00. The first-order valence-electron chi connectivity index (χ1n) is 10.5. The molecule has 0 radical (unpaired) electrons. The van der Waals surface area contributed by atoms with Crippen LogP contribution in [0.5, 0.6) is 5.75 Å². The molecule has 1 fully saturated rings. The van der Waals surface area contributed by atoms with Crippen molar-refractivity contribution in [1.29, 1.82) is 0 Å². The van der Waals surface area contributed by atoms with Crippen LogP contribution in [0.2, 0.25) is 0 Å². The van der Waals surface area contributed by atoms with E-state index in [1.54, 1.807) is 11.0 Å². The molecule has 5 rings (SSSR count). The summed E-state index contributed by atoms with van der Waals surface area (Å²) >= 11 is 1.33. The molecular formula is C23H23N3O4S. The first-order chi connectivity index (χ1) is 15.1. The smallest absolute Gasteiger partial charge is 0.296 e. The van der Waals surface area contributed by atoms with Gasteiger partial charge in [-0.2, -0.15) is 0 Å². The van der Waals surface area contributed by atoms with Crippen LogP contribution in [0.1, 0.15) is 42.3 Å². The number of Topliss-reactive ketones (excluding diaryl/α,β-unsaturated/α-hetero) is 1. The summed E-state index contributed by atoms with van der Waals surface area (Å²) in [5, 5.41) is 9.50. The first kappa shape index (κ1) is 19.9. The van der Waals surface area contributed by atoms with Crippen LogP contribution in [-0.4, -0.2) is 34.6 Å². The van der Waals surface area contributed by atoms with Crippen molar-refractivity contribution in [2.75, 3.05) is 11.5 Å². The molecule has 0 saturated heterocycles. The summed E-state index contributed by atoms with van der Waals surface area (Å²) in [7, 11) is 0. The van der Waals surface area contributed by atoms with E-state index in [0.29, 0.717) is 23.1 Å². The van der Waals surface area contributed by atoms with Gasteiger partial charge in [-0.25, -0.2) is 0 Å². The highest BCUT2D eigenvalue weighted by atomic mass is 32.1. The second-order valence-electron chi connectivity index (χ2n) is 8.00. The molecule has 3 atom stereocenters. The lowest BCUT2D eigenvalue weighted by atomic mass is 9.77. The van der Waals surface area contributed by atoms with Crippen LogP contribution in [0.25, 0.3) is 0 Å². The normalized spacial score (nSPS) is 25.2. The predicted octanol–water partition coefficient (Wildman–Crippen LogP) is 3.91. The average Bonchev–Trinajstić information content (AvgIpc) is 3.34. The Morgan fingerprint density at radius 3 is 2.71 bits per heavy atom. The number of nitrogens with zero attached hydrogens (tertiary/aromatic N) is 3. The van der Waals surface area contributed by atoms with Gasteiger partial charge in [0.05, 0.1) is 17.5 Å². The zero-order valence-corrected chi connectivity index (χ0v) is 18.1. The fourth-order valence-corrected chi connectivity index (χ4v) is 5.36. The standard InChI is InChI=1S/C23H23N3O4S/c1-3-12-29-15-10-8-14(9-11-15)19-18-20(27)16-6-4-5-7-17(16)30-21(18)22(28)26(19)23-25-24-13(2)31-23/h3,8-11,16-17,19H,1,4-7,12H2,2H3. The van der Waals surface area contributed by atoms with E-state index in [1.165, 1.54) is 11.3 Å². The summed E-state index contributed by atoms with van der Waals surface area (Å²) in [5.41, 5.74) is 1.25. The van der Waals surface area contributed by atoms with Crippen LogP contribution in [0.4, 0.5) is 5.13 Å². The van der Waals surface area contributed by atoms with E-state index in [1.807, 2.05) is 31.2 Å². The largest absolute Gasteiger partial charge is 0.490 e. The third kappa shape index (κ3) is 3.35. The number of carbonyl (C=O) groups is 2. The maximum absolute atomic E-state index is 13.6. The molecule has 1 aromatic heterocycles. The number of ether oxygens (including phenoxy) is 2. The van der Waals surface area contributed by atoms with Crippen molar-refractivity contribution < 1.29 is 19.1 Å². The molecule has 0 bridgehead atoms. The van der Waals surface area contributed by atoms with Crippen LogP contribution in [0, 0.1) is 12.8 Å². The van der Waals surface area contributed by atoms with Crippen molar-refractivity contribution in [3.05, 3.63) is 58.8 Å². The Balaban J connectivity index is 1.58. The summed E-state index contributed by atoms with van der Waals surface area (Å²) in [6.45, 7) is 5.90. The van der Waals surface area contributed by atoms with Crippen molar-refractivity contribution in [1.82, 2.24) is 10.2 Å². The van der Waals surface area contributed by atoms with Crippen molar-refractivity contribution in [3.63, 3.8) is 0 Å². The van der Waals surface area contributed by atoms with Crippen LogP contribution >= 0.6 is 11.3 Å². The fraction of sp³-hybridized carbons (Fsp3) is 0.391. The number of ketones is 1. The Morgan fingerprint density at radius 1 is 1.23 bits per heavy atom. The summed E-state index contributed by atoms with van der Waals surface area (Å²) in [5.74, 6) is 0.395. The van der Waals surface area contributed by atoms with E-state index in [2.05, 4.69) is 16.8 Å². The molecule has 3 aliphatic rings. The van der Waals surface area contributed by atoms with Gasteiger partial charge in [0.1, 0.15) is 23.5 Å². The molecule has 1 aliphatic carbocycles. The third-order valence-corrected chi connectivity index (χ3v) is 6.89. The van der Waals surface area contributed by atoms with E-state index >= 15 is 0 Å². The van der Waals surface area contributed by atoms with Gasteiger partial charge in [-0.05, 0) is 43.9 Å². The molecule has 1 aromatic carbocycles. The van der Waals surface area contributed by atoms with Crippen molar-refractivity contribution >= 4 is 28.2 Å². The van der Waals surface area contributed by atoms with Crippen molar-refractivity contribution in [3.8, 4) is 5.75 Å². The molecule has 7 nitrogen and oxygen atoms in total. The highest BCUT2D eigenvalue weighted by molar-refractivity contribution is 7.15. The third-order valence-electron chi connectivity index (χ3n) is 6.05. The minimum Gasteiger partial charge on any atom is -0.490 e. The molecule has 2 aliphatic heterocycles. The summed E-state index contributed by atoms with van der Waals surface area (Å²) in [6.07, 6.45) is 5.09. The Bertz CT molecular complexity index is 1070. The van der Waals surface area contributed by atoms with E-state index in [0.717, 1.165) is 36.3 Å². The van der Waals surface area contributed by atoms with Crippen LogP contribution in [-0.2, 0) is 14.3 Å². The van der Waals surface area contributed by atoms with Gasteiger partial charge in [0.2, 0.25) is 5.13 Å². The number of aromatic nitrogens is 2. The summed E-state index contributed by atoms with van der Waals surface area (Å²) < 4.78 is 11.8. The number of rotatable bonds is 5. The number of benzene rings is 1. The van der Waals surface area contributed by atoms with Crippen molar-refractivity contribution in [2.45, 2.75) is 44.8 Å². The second kappa shape index (κ2) is 7.92. The number of anilines is 1. The lowest BCUT2D eigenvalue weighted by Gasteiger charge is -2.35. The van der Waals surface area contributed by atoms with Crippen LogP contribution in [0.15, 0.2) is 48.3 Å².